The van der Waals surface area contributed by atoms with Gasteiger partial charge in [-0.3, -0.25) is 5.32 Å². The standard InChI is InChI=1S/C26H37NO4/c1-3-4-15-23(28)20-31-26(27-2)17-24(29-18-21-11-7-5-8-12-21)16-25(26)30-19-22-13-9-6-10-14-22/h5-14,23-25,27-28H,3-4,15-20H2,1-2H3/t23?,24-,25+,26-/m0/s1. The maximum Gasteiger partial charge on any atom is 0.148 e. The van der Waals surface area contributed by atoms with Gasteiger partial charge < -0.3 is 19.3 Å². The highest BCUT2D eigenvalue weighted by molar-refractivity contribution is 5.14. The highest BCUT2D eigenvalue weighted by Crippen LogP contribution is 2.36. The van der Waals surface area contributed by atoms with Gasteiger partial charge in [-0.1, -0.05) is 80.4 Å². The Kier molecular flexibility index (Phi) is 9.50. The first-order valence-electron chi connectivity index (χ1n) is 11.5. The number of benzene rings is 2. The second-order valence-electron chi connectivity index (χ2n) is 8.39. The van der Waals surface area contributed by atoms with Crippen LogP contribution in [0.3, 0.4) is 0 Å². The van der Waals surface area contributed by atoms with E-state index in [0.717, 1.165) is 36.8 Å². The number of rotatable bonds is 13. The van der Waals surface area contributed by atoms with Gasteiger partial charge in [0.05, 0.1) is 32.0 Å². The molecule has 0 saturated heterocycles. The van der Waals surface area contributed by atoms with Crippen LogP contribution in [0.1, 0.15) is 50.2 Å². The van der Waals surface area contributed by atoms with Gasteiger partial charge in [0.15, 0.2) is 0 Å². The Morgan fingerprint density at radius 2 is 1.61 bits per heavy atom. The maximum absolute atomic E-state index is 10.3. The summed E-state index contributed by atoms with van der Waals surface area (Å²) in [5.74, 6) is 0. The van der Waals surface area contributed by atoms with E-state index in [-0.39, 0.29) is 18.8 Å². The van der Waals surface area contributed by atoms with E-state index in [1.165, 1.54) is 0 Å². The van der Waals surface area contributed by atoms with Crippen LogP contribution in [-0.2, 0) is 27.4 Å². The van der Waals surface area contributed by atoms with Gasteiger partial charge in [0.25, 0.3) is 0 Å². The van der Waals surface area contributed by atoms with Crippen LogP contribution in [0, 0.1) is 0 Å². The smallest absolute Gasteiger partial charge is 0.148 e. The summed E-state index contributed by atoms with van der Waals surface area (Å²) >= 11 is 0. The lowest BCUT2D eigenvalue weighted by Crippen LogP contribution is -2.53. The summed E-state index contributed by atoms with van der Waals surface area (Å²) in [6.45, 7) is 3.50. The summed E-state index contributed by atoms with van der Waals surface area (Å²) < 4.78 is 18.9. The zero-order valence-corrected chi connectivity index (χ0v) is 18.8. The van der Waals surface area contributed by atoms with Crippen LogP contribution >= 0.6 is 0 Å². The number of ether oxygens (including phenoxy) is 3. The third kappa shape index (κ3) is 7.13. The predicted octanol–water partition coefficient (Wildman–Crippen LogP) is 4.43. The minimum Gasteiger partial charge on any atom is -0.391 e. The van der Waals surface area contributed by atoms with Crippen LogP contribution in [0.15, 0.2) is 60.7 Å². The number of hydrogen-bond acceptors (Lipinski definition) is 5. The molecule has 3 rings (SSSR count). The molecule has 1 aliphatic rings. The molecular weight excluding hydrogens is 390 g/mol. The van der Waals surface area contributed by atoms with E-state index in [0.29, 0.717) is 19.6 Å². The molecule has 5 heteroatoms. The number of aliphatic hydroxyl groups is 1. The summed E-state index contributed by atoms with van der Waals surface area (Å²) in [5, 5.41) is 13.7. The Morgan fingerprint density at radius 3 is 2.19 bits per heavy atom. The Labute approximate surface area is 186 Å². The molecule has 0 spiro atoms. The van der Waals surface area contributed by atoms with Crippen molar-refractivity contribution in [1.29, 1.82) is 0 Å². The second-order valence-corrected chi connectivity index (χ2v) is 8.39. The first-order chi connectivity index (χ1) is 15.1. The molecule has 2 N–H and O–H groups in total. The van der Waals surface area contributed by atoms with Crippen LogP contribution in [0.25, 0.3) is 0 Å². The lowest BCUT2D eigenvalue weighted by Gasteiger charge is -2.35. The summed E-state index contributed by atoms with van der Waals surface area (Å²) in [6.07, 6.45) is 3.60. The molecule has 31 heavy (non-hydrogen) atoms. The molecule has 0 amide bonds. The summed E-state index contributed by atoms with van der Waals surface area (Å²) in [6, 6.07) is 20.4. The van der Waals surface area contributed by atoms with Crippen molar-refractivity contribution in [1.82, 2.24) is 5.32 Å². The molecule has 0 aromatic heterocycles. The maximum atomic E-state index is 10.3. The van der Waals surface area contributed by atoms with E-state index < -0.39 is 11.8 Å². The van der Waals surface area contributed by atoms with E-state index in [2.05, 4.69) is 36.5 Å². The van der Waals surface area contributed by atoms with Crippen molar-refractivity contribution in [3.05, 3.63) is 71.8 Å². The van der Waals surface area contributed by atoms with Gasteiger partial charge in [-0.05, 0) is 24.6 Å². The molecule has 0 aliphatic heterocycles. The highest BCUT2D eigenvalue weighted by Gasteiger charge is 2.49. The lowest BCUT2D eigenvalue weighted by molar-refractivity contribution is -0.165. The third-order valence-corrected chi connectivity index (χ3v) is 6.00. The third-order valence-electron chi connectivity index (χ3n) is 6.00. The summed E-state index contributed by atoms with van der Waals surface area (Å²) in [5.41, 5.74) is 1.61. The average molecular weight is 428 g/mol. The lowest BCUT2D eigenvalue weighted by atomic mass is 10.1. The van der Waals surface area contributed by atoms with Gasteiger partial charge in [-0.15, -0.1) is 0 Å². The SMILES string of the molecule is CCCCC(O)CO[C@@]1(NC)C[C@@H](OCc2ccccc2)C[C@H]1OCc1ccccc1. The predicted molar refractivity (Wildman–Crippen MR) is 123 cm³/mol. The first-order valence-corrected chi connectivity index (χ1v) is 11.5. The highest BCUT2D eigenvalue weighted by atomic mass is 16.6. The Morgan fingerprint density at radius 1 is 1.00 bits per heavy atom. The van der Waals surface area contributed by atoms with Crippen LogP contribution in [0.4, 0.5) is 0 Å². The molecule has 0 bridgehead atoms. The van der Waals surface area contributed by atoms with E-state index in [1.807, 2.05) is 43.4 Å². The van der Waals surface area contributed by atoms with Crippen molar-refractivity contribution in [3.63, 3.8) is 0 Å². The molecule has 1 aliphatic carbocycles. The fourth-order valence-electron chi connectivity index (χ4n) is 4.13. The molecule has 2 aromatic carbocycles. The van der Waals surface area contributed by atoms with Crippen LogP contribution < -0.4 is 5.32 Å². The molecule has 5 nitrogen and oxygen atoms in total. The van der Waals surface area contributed by atoms with E-state index in [9.17, 15) is 5.11 Å². The topological polar surface area (TPSA) is 60.0 Å². The Balaban J connectivity index is 1.64. The van der Waals surface area contributed by atoms with Crippen molar-refractivity contribution >= 4 is 0 Å². The summed E-state index contributed by atoms with van der Waals surface area (Å²) in [7, 11) is 1.90. The summed E-state index contributed by atoms with van der Waals surface area (Å²) in [4.78, 5) is 0. The van der Waals surface area contributed by atoms with Crippen LogP contribution in [0.2, 0.25) is 0 Å². The minimum atomic E-state index is -0.677. The number of likely N-dealkylation sites (N-methyl/N-ethyl adjacent to an activating group) is 1. The van der Waals surface area contributed by atoms with Crippen molar-refractivity contribution < 1.29 is 19.3 Å². The first kappa shape index (κ1) is 23.9. The molecule has 1 unspecified atom stereocenters. The zero-order valence-electron chi connectivity index (χ0n) is 18.8. The molecular formula is C26H37NO4. The van der Waals surface area contributed by atoms with E-state index in [1.54, 1.807) is 0 Å². The van der Waals surface area contributed by atoms with E-state index in [4.69, 9.17) is 14.2 Å². The van der Waals surface area contributed by atoms with Gasteiger partial charge in [0.1, 0.15) is 11.8 Å². The van der Waals surface area contributed by atoms with Crippen LogP contribution in [-0.4, -0.2) is 42.8 Å². The molecule has 0 radical (unpaired) electrons. The van der Waals surface area contributed by atoms with Gasteiger partial charge in [-0.25, -0.2) is 0 Å². The molecule has 4 atom stereocenters. The number of nitrogens with one attached hydrogen (secondary N) is 1. The fourth-order valence-corrected chi connectivity index (χ4v) is 4.13. The van der Waals surface area contributed by atoms with Gasteiger partial charge in [0.2, 0.25) is 0 Å². The largest absolute Gasteiger partial charge is 0.391 e. The van der Waals surface area contributed by atoms with Crippen molar-refractivity contribution in [2.45, 2.75) is 76.3 Å². The Hall–Kier alpha value is -1.76. The van der Waals surface area contributed by atoms with Crippen molar-refractivity contribution in [2.24, 2.45) is 0 Å². The molecule has 0 heterocycles. The minimum absolute atomic E-state index is 0.0150. The van der Waals surface area contributed by atoms with Crippen molar-refractivity contribution in [2.75, 3.05) is 13.7 Å². The quantitative estimate of drug-likeness (QED) is 0.463. The Bertz CT molecular complexity index is 742. The molecule has 1 saturated carbocycles. The molecule has 2 aromatic rings. The van der Waals surface area contributed by atoms with E-state index >= 15 is 0 Å². The molecule has 1 fully saturated rings. The zero-order chi connectivity index (χ0) is 21.9. The number of aliphatic hydroxyl groups excluding tert-OH is 1. The average Bonchev–Trinajstić information content (AvgIpc) is 3.18. The van der Waals surface area contributed by atoms with Gasteiger partial charge >= 0.3 is 0 Å². The fraction of sp³-hybridized carbons (Fsp3) is 0.538. The van der Waals surface area contributed by atoms with Crippen LogP contribution in [0.5, 0.6) is 0 Å². The number of unbranched alkanes of at least 4 members (excludes halogenated alkanes) is 1. The second kappa shape index (κ2) is 12.3. The molecule has 170 valence electrons. The van der Waals surface area contributed by atoms with Crippen molar-refractivity contribution in [3.8, 4) is 0 Å². The monoisotopic (exact) mass is 427 g/mol. The normalized spacial score (nSPS) is 24.4. The van der Waals surface area contributed by atoms with Gasteiger partial charge in [0, 0.05) is 12.8 Å². The van der Waals surface area contributed by atoms with Gasteiger partial charge in [-0.2, -0.15) is 0 Å². The number of hydrogen-bond donors (Lipinski definition) is 2.